The van der Waals surface area contributed by atoms with Gasteiger partial charge in [0.2, 0.25) is 0 Å². The number of hydrogen-bond acceptors (Lipinski definition) is 2. The second-order valence-corrected chi connectivity index (χ2v) is 7.20. The predicted molar refractivity (Wildman–Crippen MR) is 118 cm³/mol. The van der Waals surface area contributed by atoms with Gasteiger partial charge in [-0.3, -0.25) is 5.43 Å². The third-order valence-corrected chi connectivity index (χ3v) is 4.85. The molecule has 144 valence electrons. The number of benzene rings is 2. The first-order valence-corrected chi connectivity index (χ1v) is 9.48. The first-order valence-electron chi connectivity index (χ1n) is 8.69. The number of hydrazone groups is 1. The minimum atomic E-state index is -0.350. The number of rotatable bonds is 5. The van der Waals surface area contributed by atoms with Crippen molar-refractivity contribution >= 4 is 40.8 Å². The predicted octanol–water partition coefficient (Wildman–Crippen LogP) is 5.27. The number of aromatic nitrogens is 1. The third kappa shape index (κ3) is 4.97. The van der Waals surface area contributed by atoms with Crippen molar-refractivity contribution in [1.29, 1.82) is 0 Å². The number of anilines is 1. The molecule has 0 spiro atoms. The Kier molecular flexibility index (Phi) is 6.44. The zero-order valence-corrected chi connectivity index (χ0v) is 17.1. The molecule has 2 aromatic carbocycles. The molecule has 7 heteroatoms. The minimum absolute atomic E-state index is 0.350. The molecule has 1 heterocycles. The quantitative estimate of drug-likeness (QED) is 0.339. The maximum atomic E-state index is 13.2. The summed E-state index contributed by atoms with van der Waals surface area (Å²) in [6.45, 7) is 4.56. The van der Waals surface area contributed by atoms with Crippen LogP contribution in [0.1, 0.15) is 22.4 Å². The van der Waals surface area contributed by atoms with Crippen molar-refractivity contribution in [2.24, 2.45) is 5.10 Å². The minimum Gasteiger partial charge on any atom is -0.342 e. The van der Waals surface area contributed by atoms with E-state index in [1.54, 1.807) is 12.3 Å². The van der Waals surface area contributed by atoms with Crippen molar-refractivity contribution in [1.82, 2.24) is 9.99 Å². The molecule has 1 aromatic heterocycles. The number of nitrogens with zero attached hydrogens (tertiary/aromatic N) is 2. The summed E-state index contributed by atoms with van der Waals surface area (Å²) in [5.74, 6) is -0.350. The van der Waals surface area contributed by atoms with Gasteiger partial charge in [0.05, 0.1) is 11.9 Å². The van der Waals surface area contributed by atoms with Gasteiger partial charge in [0.1, 0.15) is 5.82 Å². The molecule has 28 heavy (non-hydrogen) atoms. The van der Waals surface area contributed by atoms with E-state index in [0.717, 1.165) is 28.1 Å². The summed E-state index contributed by atoms with van der Waals surface area (Å²) in [4.78, 5) is 0. The molecule has 0 aliphatic rings. The van der Waals surface area contributed by atoms with Crippen LogP contribution < -0.4 is 10.7 Å². The number of para-hydroxylation sites is 1. The molecule has 0 bridgehead atoms. The molecule has 0 amide bonds. The fourth-order valence-corrected chi connectivity index (χ4v) is 3.21. The Bertz CT molecular complexity index is 1010. The Morgan fingerprint density at radius 1 is 1.18 bits per heavy atom. The lowest BCUT2D eigenvalue weighted by molar-refractivity contribution is 0.626. The Labute approximate surface area is 174 Å². The Morgan fingerprint density at radius 3 is 2.64 bits per heavy atom. The van der Waals surface area contributed by atoms with Crippen molar-refractivity contribution in [3.8, 4) is 0 Å². The number of hydrogen-bond donors (Lipinski definition) is 2. The van der Waals surface area contributed by atoms with E-state index in [4.69, 9.17) is 23.8 Å². The lowest BCUT2D eigenvalue weighted by Crippen LogP contribution is -2.24. The van der Waals surface area contributed by atoms with E-state index in [1.165, 1.54) is 12.1 Å². The highest BCUT2D eigenvalue weighted by Gasteiger charge is 2.06. The van der Waals surface area contributed by atoms with Gasteiger partial charge in [-0.15, -0.1) is 0 Å². The van der Waals surface area contributed by atoms with Gasteiger partial charge in [0.15, 0.2) is 5.11 Å². The lowest BCUT2D eigenvalue weighted by Gasteiger charge is -2.12. The van der Waals surface area contributed by atoms with Gasteiger partial charge in [-0.1, -0.05) is 35.9 Å². The van der Waals surface area contributed by atoms with E-state index in [1.807, 2.05) is 54.9 Å². The van der Waals surface area contributed by atoms with Crippen LogP contribution >= 0.6 is 23.8 Å². The average Bonchev–Trinajstić information content (AvgIpc) is 3.08. The van der Waals surface area contributed by atoms with E-state index >= 15 is 0 Å². The third-order valence-electron chi connectivity index (χ3n) is 4.30. The smallest absolute Gasteiger partial charge is 0.191 e. The number of halogens is 2. The van der Waals surface area contributed by atoms with Crippen LogP contribution in [0.5, 0.6) is 0 Å². The summed E-state index contributed by atoms with van der Waals surface area (Å²) < 4.78 is 15.2. The SMILES string of the molecule is Cc1cccc(C)c1NC(=S)NN=Cc1cccn1Cc1ccc(F)cc1Cl. The summed E-state index contributed by atoms with van der Waals surface area (Å²) in [5.41, 5.74) is 7.72. The fourth-order valence-electron chi connectivity index (χ4n) is 2.83. The van der Waals surface area contributed by atoms with Crippen LogP contribution in [0.2, 0.25) is 5.02 Å². The topological polar surface area (TPSA) is 41.4 Å². The molecule has 0 aliphatic heterocycles. The van der Waals surface area contributed by atoms with Crippen molar-refractivity contribution in [3.05, 3.63) is 88.0 Å². The highest BCUT2D eigenvalue weighted by molar-refractivity contribution is 7.80. The fraction of sp³-hybridized carbons (Fsp3) is 0.143. The molecule has 0 atom stereocenters. The summed E-state index contributed by atoms with van der Waals surface area (Å²) in [7, 11) is 0. The summed E-state index contributed by atoms with van der Waals surface area (Å²) in [6.07, 6.45) is 3.59. The van der Waals surface area contributed by atoms with E-state index < -0.39 is 0 Å². The van der Waals surface area contributed by atoms with Gasteiger partial charge < -0.3 is 9.88 Å². The highest BCUT2D eigenvalue weighted by atomic mass is 35.5. The summed E-state index contributed by atoms with van der Waals surface area (Å²) >= 11 is 11.4. The molecule has 0 saturated heterocycles. The zero-order valence-electron chi connectivity index (χ0n) is 15.5. The van der Waals surface area contributed by atoms with Crippen molar-refractivity contribution in [2.75, 3.05) is 5.32 Å². The number of aryl methyl sites for hydroxylation is 2. The number of thiocarbonyl (C=S) groups is 1. The Hall–Kier alpha value is -2.70. The molecule has 0 aliphatic carbocycles. The van der Waals surface area contributed by atoms with E-state index in [9.17, 15) is 4.39 Å². The maximum Gasteiger partial charge on any atom is 0.191 e. The van der Waals surface area contributed by atoms with Crippen LogP contribution in [0.3, 0.4) is 0 Å². The van der Waals surface area contributed by atoms with Gasteiger partial charge in [-0.05, 0) is 67.0 Å². The van der Waals surface area contributed by atoms with Crippen LogP contribution in [-0.4, -0.2) is 15.9 Å². The van der Waals surface area contributed by atoms with Gasteiger partial charge in [0, 0.05) is 23.5 Å². The second kappa shape index (κ2) is 8.99. The average molecular weight is 415 g/mol. The summed E-state index contributed by atoms with van der Waals surface area (Å²) in [5, 5.41) is 8.20. The van der Waals surface area contributed by atoms with Crippen LogP contribution in [-0.2, 0) is 6.54 Å². The number of nitrogens with one attached hydrogen (secondary N) is 2. The van der Waals surface area contributed by atoms with Crippen LogP contribution in [0.4, 0.5) is 10.1 Å². The second-order valence-electron chi connectivity index (χ2n) is 6.39. The molecule has 3 rings (SSSR count). The van der Waals surface area contributed by atoms with Crippen molar-refractivity contribution < 1.29 is 4.39 Å². The molecular formula is C21H20ClFN4S. The van der Waals surface area contributed by atoms with E-state index in [2.05, 4.69) is 15.8 Å². The van der Waals surface area contributed by atoms with E-state index in [-0.39, 0.29) is 5.82 Å². The molecule has 0 fully saturated rings. The Balaban J connectivity index is 1.64. The molecule has 0 saturated carbocycles. The van der Waals surface area contributed by atoms with Crippen LogP contribution in [0, 0.1) is 19.7 Å². The van der Waals surface area contributed by atoms with Crippen molar-refractivity contribution in [3.63, 3.8) is 0 Å². The van der Waals surface area contributed by atoms with E-state index in [0.29, 0.717) is 16.7 Å². The molecule has 3 aromatic rings. The van der Waals surface area contributed by atoms with Gasteiger partial charge in [0.25, 0.3) is 0 Å². The standard InChI is InChI=1S/C21H20ClFN4S/c1-14-5-3-6-15(2)20(14)25-21(28)26-24-12-18-7-4-10-27(18)13-16-8-9-17(23)11-19(16)22/h3-12H,13H2,1-2H3,(H2,25,26,28). The van der Waals surface area contributed by atoms with Crippen LogP contribution in [0.25, 0.3) is 0 Å². The maximum absolute atomic E-state index is 13.2. The largest absolute Gasteiger partial charge is 0.342 e. The summed E-state index contributed by atoms with van der Waals surface area (Å²) in [6, 6.07) is 14.3. The molecule has 2 N–H and O–H groups in total. The lowest BCUT2D eigenvalue weighted by atomic mass is 10.1. The first-order chi connectivity index (χ1) is 13.4. The zero-order chi connectivity index (χ0) is 20.1. The van der Waals surface area contributed by atoms with Crippen molar-refractivity contribution in [2.45, 2.75) is 20.4 Å². The van der Waals surface area contributed by atoms with Gasteiger partial charge >= 0.3 is 0 Å². The molecule has 0 unspecified atom stereocenters. The normalized spacial score (nSPS) is 11.0. The van der Waals surface area contributed by atoms with Gasteiger partial charge in [-0.25, -0.2) is 4.39 Å². The highest BCUT2D eigenvalue weighted by Crippen LogP contribution is 2.20. The van der Waals surface area contributed by atoms with Gasteiger partial charge in [-0.2, -0.15) is 5.10 Å². The molecular weight excluding hydrogens is 395 g/mol. The first kappa shape index (κ1) is 20.0. The van der Waals surface area contributed by atoms with Crippen LogP contribution in [0.15, 0.2) is 59.8 Å². The Morgan fingerprint density at radius 2 is 1.93 bits per heavy atom. The molecule has 0 radical (unpaired) electrons. The monoisotopic (exact) mass is 414 g/mol. The molecule has 4 nitrogen and oxygen atoms in total.